The van der Waals surface area contributed by atoms with E-state index in [1.54, 1.807) is 30.3 Å². The summed E-state index contributed by atoms with van der Waals surface area (Å²) in [6.45, 7) is -0.203. The summed E-state index contributed by atoms with van der Waals surface area (Å²) in [6, 6.07) is 14.0. The van der Waals surface area contributed by atoms with Crippen molar-refractivity contribution in [2.45, 2.75) is 6.54 Å². The Morgan fingerprint density at radius 1 is 1.11 bits per heavy atom. The van der Waals surface area contributed by atoms with Gasteiger partial charge in [0.2, 0.25) is 0 Å². The highest BCUT2D eigenvalue weighted by Gasteiger charge is 2.34. The summed E-state index contributed by atoms with van der Waals surface area (Å²) in [5.41, 5.74) is 1.58. The molecule has 1 N–H and O–H groups in total. The van der Waals surface area contributed by atoms with E-state index in [0.29, 0.717) is 16.2 Å². The second-order valence-electron chi connectivity index (χ2n) is 5.65. The predicted octanol–water partition coefficient (Wildman–Crippen LogP) is 4.15. The van der Waals surface area contributed by atoms with E-state index in [0.717, 1.165) is 21.8 Å². The molecule has 0 bridgehead atoms. The van der Waals surface area contributed by atoms with Gasteiger partial charge in [-0.2, -0.15) is 0 Å². The first-order chi connectivity index (χ1) is 12.9. The quantitative estimate of drug-likeness (QED) is 0.669. The third kappa shape index (κ3) is 4.99. The fourth-order valence-corrected chi connectivity index (χ4v) is 3.47. The number of benzene rings is 2. The van der Waals surface area contributed by atoms with E-state index in [9.17, 15) is 14.4 Å². The molecule has 1 aliphatic rings. The summed E-state index contributed by atoms with van der Waals surface area (Å²) in [6.07, 6.45) is 1.63. The minimum absolute atomic E-state index is 0.219. The number of ether oxygens (including phenoxy) is 1. The Balaban J connectivity index is 1.70. The van der Waals surface area contributed by atoms with E-state index in [2.05, 4.69) is 15.9 Å². The molecule has 1 heterocycles. The first-order valence-electron chi connectivity index (χ1n) is 7.87. The van der Waals surface area contributed by atoms with Crippen molar-refractivity contribution in [2.75, 3.05) is 6.61 Å². The normalized spacial score (nSPS) is 15.4. The Morgan fingerprint density at radius 2 is 1.78 bits per heavy atom. The molecule has 2 aromatic carbocycles. The summed E-state index contributed by atoms with van der Waals surface area (Å²) in [5.74, 6) is -0.976. The predicted molar refractivity (Wildman–Crippen MR) is 105 cm³/mol. The van der Waals surface area contributed by atoms with Crippen LogP contribution >= 0.6 is 27.7 Å². The number of carbonyl (C=O) groups is 3. The lowest BCUT2D eigenvalue weighted by Crippen LogP contribution is -2.27. The Labute approximate surface area is 167 Å². The minimum Gasteiger partial charge on any atom is -0.482 e. The molecule has 0 unspecified atom stereocenters. The van der Waals surface area contributed by atoms with Crippen molar-refractivity contribution < 1.29 is 24.2 Å². The number of carbonyl (C=O) groups excluding carboxylic acids is 2. The van der Waals surface area contributed by atoms with E-state index in [4.69, 9.17) is 9.84 Å². The van der Waals surface area contributed by atoms with Crippen LogP contribution in [0, 0.1) is 0 Å². The molecule has 0 saturated carbocycles. The number of thioether (sulfide) groups is 1. The van der Waals surface area contributed by atoms with E-state index in [1.807, 2.05) is 24.3 Å². The van der Waals surface area contributed by atoms with Gasteiger partial charge < -0.3 is 9.84 Å². The Kier molecular flexibility index (Phi) is 5.98. The summed E-state index contributed by atoms with van der Waals surface area (Å²) in [5, 5.41) is 8.29. The van der Waals surface area contributed by atoms with Crippen LogP contribution in [-0.4, -0.2) is 33.7 Å². The molecule has 138 valence electrons. The zero-order chi connectivity index (χ0) is 19.4. The van der Waals surface area contributed by atoms with E-state index in [1.165, 1.54) is 4.90 Å². The van der Waals surface area contributed by atoms with E-state index in [-0.39, 0.29) is 17.7 Å². The Bertz CT molecular complexity index is 909. The first kappa shape index (κ1) is 19.2. The smallest absolute Gasteiger partial charge is 0.341 e. The van der Waals surface area contributed by atoms with Gasteiger partial charge in [-0.3, -0.25) is 14.5 Å². The number of hydrogen-bond donors (Lipinski definition) is 1. The topological polar surface area (TPSA) is 83.9 Å². The van der Waals surface area contributed by atoms with Crippen molar-refractivity contribution >= 4 is 50.9 Å². The molecule has 3 rings (SSSR count). The molecule has 2 amide bonds. The summed E-state index contributed by atoms with van der Waals surface area (Å²) in [4.78, 5) is 36.8. The van der Waals surface area contributed by atoms with Crippen LogP contribution in [0.4, 0.5) is 4.79 Å². The summed E-state index contributed by atoms with van der Waals surface area (Å²) < 4.78 is 5.99. The molecule has 6 nitrogen and oxygen atoms in total. The van der Waals surface area contributed by atoms with Crippen LogP contribution in [0.5, 0.6) is 5.75 Å². The SMILES string of the molecule is O=C(O)COc1ccc(C=C2SC(=O)N(Cc3ccc(Br)cc3)C2=O)cc1. The first-order valence-corrected chi connectivity index (χ1v) is 9.48. The molecule has 0 spiro atoms. The van der Waals surface area contributed by atoms with Crippen LogP contribution in [0.25, 0.3) is 6.08 Å². The molecule has 1 saturated heterocycles. The Morgan fingerprint density at radius 3 is 2.41 bits per heavy atom. The van der Waals surface area contributed by atoms with Gasteiger partial charge >= 0.3 is 5.97 Å². The lowest BCUT2D eigenvalue weighted by molar-refractivity contribution is -0.139. The number of hydrogen-bond acceptors (Lipinski definition) is 5. The fraction of sp³-hybridized carbons (Fsp3) is 0.105. The number of carboxylic acid groups (broad SMARTS) is 1. The largest absolute Gasteiger partial charge is 0.482 e. The maximum absolute atomic E-state index is 12.6. The lowest BCUT2D eigenvalue weighted by atomic mass is 10.2. The number of aliphatic carboxylic acids is 1. The zero-order valence-electron chi connectivity index (χ0n) is 13.9. The standard InChI is InChI=1S/C19H14BrNO5S/c20-14-5-1-13(2-6-14)10-21-18(24)16(27-19(21)25)9-12-3-7-15(8-4-12)26-11-17(22)23/h1-9H,10-11H2,(H,22,23). The number of nitrogens with zero attached hydrogens (tertiary/aromatic N) is 1. The third-order valence-corrected chi connectivity index (χ3v) is 5.10. The van der Waals surface area contributed by atoms with Crippen LogP contribution in [0.3, 0.4) is 0 Å². The summed E-state index contributed by atoms with van der Waals surface area (Å²) in [7, 11) is 0. The minimum atomic E-state index is -1.06. The van der Waals surface area contributed by atoms with Crippen LogP contribution < -0.4 is 4.74 Å². The molecule has 0 atom stereocenters. The van der Waals surface area contributed by atoms with E-state index < -0.39 is 12.6 Å². The van der Waals surface area contributed by atoms with Gasteiger partial charge in [0.15, 0.2) is 6.61 Å². The average Bonchev–Trinajstić information content (AvgIpc) is 2.90. The molecule has 0 aromatic heterocycles. The maximum Gasteiger partial charge on any atom is 0.341 e. The van der Waals surface area contributed by atoms with Crippen LogP contribution in [0.1, 0.15) is 11.1 Å². The molecule has 27 heavy (non-hydrogen) atoms. The molecule has 0 aliphatic carbocycles. The molecular weight excluding hydrogens is 434 g/mol. The van der Waals surface area contributed by atoms with E-state index >= 15 is 0 Å². The monoisotopic (exact) mass is 447 g/mol. The fourth-order valence-electron chi connectivity index (χ4n) is 2.37. The van der Waals surface area contributed by atoms with Crippen molar-refractivity contribution in [3.8, 4) is 5.75 Å². The maximum atomic E-state index is 12.6. The average molecular weight is 448 g/mol. The highest BCUT2D eigenvalue weighted by Crippen LogP contribution is 2.33. The second-order valence-corrected chi connectivity index (χ2v) is 7.55. The van der Waals surface area contributed by atoms with Gasteiger partial charge in [0.1, 0.15) is 5.75 Å². The number of imide groups is 1. The van der Waals surface area contributed by atoms with Crippen molar-refractivity contribution in [3.05, 3.63) is 69.0 Å². The van der Waals surface area contributed by atoms with Gasteiger partial charge in [-0.1, -0.05) is 40.2 Å². The van der Waals surface area contributed by atoms with Gasteiger partial charge in [0, 0.05) is 4.47 Å². The molecular formula is C19H14BrNO5S. The second kappa shape index (κ2) is 8.41. The molecule has 1 fully saturated rings. The zero-order valence-corrected chi connectivity index (χ0v) is 16.3. The highest BCUT2D eigenvalue weighted by atomic mass is 79.9. The Hall–Kier alpha value is -2.58. The number of amides is 2. The highest BCUT2D eigenvalue weighted by molar-refractivity contribution is 9.10. The van der Waals surface area contributed by atoms with Gasteiger partial charge in [0.25, 0.3) is 11.1 Å². The molecule has 8 heteroatoms. The van der Waals surface area contributed by atoms with Crippen molar-refractivity contribution in [1.82, 2.24) is 4.90 Å². The number of halogens is 1. The summed E-state index contributed by atoms with van der Waals surface area (Å²) >= 11 is 4.25. The van der Waals surface area contributed by atoms with Crippen LogP contribution in [0.15, 0.2) is 57.9 Å². The van der Waals surface area contributed by atoms with Gasteiger partial charge in [0.05, 0.1) is 11.4 Å². The molecule has 2 aromatic rings. The van der Waals surface area contributed by atoms with Crippen LogP contribution in [0.2, 0.25) is 0 Å². The third-order valence-electron chi connectivity index (χ3n) is 3.67. The molecule has 0 radical (unpaired) electrons. The van der Waals surface area contributed by atoms with Gasteiger partial charge in [-0.05, 0) is 53.2 Å². The van der Waals surface area contributed by atoms with Crippen LogP contribution in [-0.2, 0) is 16.1 Å². The molecule has 1 aliphatic heterocycles. The number of rotatable bonds is 6. The van der Waals surface area contributed by atoms with Crippen molar-refractivity contribution in [1.29, 1.82) is 0 Å². The van der Waals surface area contributed by atoms with Crippen molar-refractivity contribution in [3.63, 3.8) is 0 Å². The number of carboxylic acids is 1. The van der Waals surface area contributed by atoms with Crippen molar-refractivity contribution in [2.24, 2.45) is 0 Å². The lowest BCUT2D eigenvalue weighted by Gasteiger charge is -2.12. The van der Waals surface area contributed by atoms with Gasteiger partial charge in [-0.25, -0.2) is 4.79 Å². The van der Waals surface area contributed by atoms with Gasteiger partial charge in [-0.15, -0.1) is 0 Å².